The van der Waals surface area contributed by atoms with Crippen LogP contribution in [0, 0.1) is 10.1 Å². The number of methoxy groups -OCH3 is 2. The van der Waals surface area contributed by atoms with Gasteiger partial charge in [-0.1, -0.05) is 23.5 Å². The molecule has 4 rings (SSSR count). The molecule has 0 N–H and O–H groups in total. The lowest BCUT2D eigenvalue weighted by molar-refractivity contribution is -0.385. The van der Waals surface area contributed by atoms with Gasteiger partial charge in [0.2, 0.25) is 0 Å². The number of fused-ring (bicyclic) bond motifs is 1. The number of rotatable bonds is 9. The second kappa shape index (κ2) is 10.8. The first-order valence-electron chi connectivity index (χ1n) is 10.9. The molecular weight excluding hydrogens is 460 g/mol. The first kappa shape index (κ1) is 23.9. The fourth-order valence-corrected chi connectivity index (χ4v) is 4.86. The maximum absolute atomic E-state index is 13.8. The van der Waals surface area contributed by atoms with E-state index in [9.17, 15) is 14.9 Å². The van der Waals surface area contributed by atoms with E-state index >= 15 is 0 Å². The number of thiazole rings is 1. The fraction of sp³-hybridized carbons (Fsp3) is 0.391. The van der Waals surface area contributed by atoms with Crippen LogP contribution in [0.4, 0.5) is 10.8 Å². The predicted molar refractivity (Wildman–Crippen MR) is 129 cm³/mol. The van der Waals surface area contributed by atoms with E-state index in [0.717, 1.165) is 29.9 Å². The zero-order chi connectivity index (χ0) is 24.1. The van der Waals surface area contributed by atoms with Gasteiger partial charge in [0, 0.05) is 32.2 Å². The predicted octanol–water partition coefficient (Wildman–Crippen LogP) is 3.59. The van der Waals surface area contributed by atoms with E-state index in [1.807, 2.05) is 24.3 Å². The number of amides is 1. The Morgan fingerprint density at radius 3 is 2.59 bits per heavy atom. The molecule has 1 aromatic heterocycles. The van der Waals surface area contributed by atoms with E-state index in [0.29, 0.717) is 31.3 Å². The topological polar surface area (TPSA) is 107 Å². The van der Waals surface area contributed by atoms with E-state index in [2.05, 4.69) is 9.88 Å². The number of hydrogen-bond acceptors (Lipinski definition) is 9. The zero-order valence-corrected chi connectivity index (χ0v) is 19.9. The smallest absolute Gasteiger partial charge is 0.286 e. The molecule has 0 bridgehead atoms. The number of ether oxygens (including phenoxy) is 3. The van der Waals surface area contributed by atoms with Crippen molar-refractivity contribution < 1.29 is 23.9 Å². The summed E-state index contributed by atoms with van der Waals surface area (Å²) in [5, 5.41) is 12.3. The number of hydrogen-bond donors (Lipinski definition) is 0. The summed E-state index contributed by atoms with van der Waals surface area (Å²) in [6.07, 6.45) is 0.683. The molecule has 0 spiro atoms. The summed E-state index contributed by atoms with van der Waals surface area (Å²) in [5.41, 5.74) is 0.352. The third kappa shape index (κ3) is 5.11. The summed E-state index contributed by atoms with van der Waals surface area (Å²) in [7, 11) is 2.81. The van der Waals surface area contributed by atoms with Crippen LogP contribution in [0.2, 0.25) is 0 Å². The van der Waals surface area contributed by atoms with E-state index in [4.69, 9.17) is 14.2 Å². The van der Waals surface area contributed by atoms with Crippen LogP contribution in [-0.4, -0.2) is 74.3 Å². The molecule has 2 heterocycles. The number of nitro groups is 1. The van der Waals surface area contributed by atoms with Crippen molar-refractivity contribution in [2.24, 2.45) is 0 Å². The van der Waals surface area contributed by atoms with Crippen LogP contribution in [0.25, 0.3) is 10.2 Å². The van der Waals surface area contributed by atoms with Crippen LogP contribution < -0.4 is 14.4 Å². The highest BCUT2D eigenvalue weighted by Gasteiger charge is 2.30. The molecule has 1 aliphatic heterocycles. The molecule has 10 nitrogen and oxygen atoms in total. The monoisotopic (exact) mass is 486 g/mol. The highest BCUT2D eigenvalue weighted by molar-refractivity contribution is 7.22. The standard InChI is InChI=1S/C23H26N4O6S/c1-31-19-14-16(18(27(29)30)15-20(19)32-2)22(28)26(9-5-8-25-10-12-33-13-11-25)23-24-17-6-3-4-7-21(17)34-23/h3-4,6-7,14-15H,5,8-13H2,1-2H3. The van der Waals surface area contributed by atoms with Crippen LogP contribution in [-0.2, 0) is 4.74 Å². The van der Waals surface area contributed by atoms with Gasteiger partial charge in [0.05, 0.1) is 48.6 Å². The molecule has 0 aliphatic carbocycles. The maximum atomic E-state index is 13.8. The Labute approximate surface area is 200 Å². The van der Waals surface area contributed by atoms with Crippen molar-refractivity contribution in [3.8, 4) is 11.5 Å². The van der Waals surface area contributed by atoms with Gasteiger partial charge >= 0.3 is 0 Å². The van der Waals surface area contributed by atoms with Crippen molar-refractivity contribution in [3.63, 3.8) is 0 Å². The Balaban J connectivity index is 1.68. The molecule has 1 saturated heterocycles. The Bertz CT molecular complexity index is 1140. The van der Waals surface area contributed by atoms with Gasteiger partial charge in [-0.3, -0.25) is 24.7 Å². The normalized spacial score (nSPS) is 14.2. The molecule has 1 fully saturated rings. The van der Waals surface area contributed by atoms with Gasteiger partial charge in [-0.15, -0.1) is 0 Å². The summed E-state index contributed by atoms with van der Waals surface area (Å²) in [5.74, 6) is -0.0766. The molecule has 180 valence electrons. The fourth-order valence-electron chi connectivity index (χ4n) is 3.87. The van der Waals surface area contributed by atoms with Crippen molar-refractivity contribution in [2.75, 3.05) is 58.5 Å². The number of anilines is 1. The highest BCUT2D eigenvalue weighted by Crippen LogP contribution is 2.37. The summed E-state index contributed by atoms with van der Waals surface area (Å²) < 4.78 is 16.8. The Morgan fingerprint density at radius 1 is 1.21 bits per heavy atom. The summed E-state index contributed by atoms with van der Waals surface area (Å²) >= 11 is 1.38. The van der Waals surface area contributed by atoms with Gasteiger partial charge in [0.1, 0.15) is 5.56 Å². The van der Waals surface area contributed by atoms with Crippen LogP contribution in [0.15, 0.2) is 36.4 Å². The van der Waals surface area contributed by atoms with Crippen molar-refractivity contribution in [3.05, 3.63) is 52.1 Å². The molecule has 0 radical (unpaired) electrons. The van der Waals surface area contributed by atoms with Crippen LogP contribution in [0.1, 0.15) is 16.8 Å². The second-order valence-electron chi connectivity index (χ2n) is 7.71. The van der Waals surface area contributed by atoms with Gasteiger partial charge in [-0.2, -0.15) is 0 Å². The molecule has 1 amide bonds. The second-order valence-corrected chi connectivity index (χ2v) is 8.72. The van der Waals surface area contributed by atoms with E-state index in [-0.39, 0.29) is 22.7 Å². The number of morpholine rings is 1. The zero-order valence-electron chi connectivity index (χ0n) is 19.1. The van der Waals surface area contributed by atoms with Crippen molar-refractivity contribution >= 4 is 38.3 Å². The van der Waals surface area contributed by atoms with Gasteiger partial charge in [-0.25, -0.2) is 4.98 Å². The number of nitrogens with zero attached hydrogens (tertiary/aromatic N) is 4. The Kier molecular flexibility index (Phi) is 7.56. The average molecular weight is 487 g/mol. The van der Waals surface area contributed by atoms with Crippen LogP contribution in [0.3, 0.4) is 0 Å². The lowest BCUT2D eigenvalue weighted by Gasteiger charge is -2.27. The lowest BCUT2D eigenvalue weighted by Crippen LogP contribution is -2.39. The first-order chi connectivity index (χ1) is 16.5. The number of nitro benzene ring substituents is 1. The summed E-state index contributed by atoms with van der Waals surface area (Å²) in [6.45, 7) is 4.22. The summed E-state index contributed by atoms with van der Waals surface area (Å²) in [4.78, 5) is 33.4. The van der Waals surface area contributed by atoms with Crippen LogP contribution >= 0.6 is 11.3 Å². The van der Waals surface area contributed by atoms with Crippen LogP contribution in [0.5, 0.6) is 11.5 Å². The number of benzene rings is 2. The van der Waals surface area contributed by atoms with Gasteiger partial charge in [0.15, 0.2) is 16.6 Å². The van der Waals surface area contributed by atoms with E-state index in [1.54, 1.807) is 0 Å². The van der Waals surface area contributed by atoms with Crippen molar-refractivity contribution in [1.82, 2.24) is 9.88 Å². The Morgan fingerprint density at radius 2 is 1.91 bits per heavy atom. The third-order valence-electron chi connectivity index (χ3n) is 5.65. The summed E-state index contributed by atoms with van der Waals surface area (Å²) in [6, 6.07) is 10.2. The molecule has 0 unspecified atom stereocenters. The number of aromatic nitrogens is 1. The minimum atomic E-state index is -0.584. The molecule has 1 aliphatic rings. The number of carbonyl (C=O) groups is 1. The molecule has 0 atom stereocenters. The molecule has 34 heavy (non-hydrogen) atoms. The number of carbonyl (C=O) groups excluding carboxylic acids is 1. The SMILES string of the molecule is COc1cc(C(=O)N(CCCN2CCOCC2)c2nc3ccccc3s2)c([N+](=O)[O-])cc1OC. The minimum Gasteiger partial charge on any atom is -0.493 e. The Hall–Kier alpha value is -3.28. The third-order valence-corrected chi connectivity index (χ3v) is 6.71. The largest absolute Gasteiger partial charge is 0.493 e. The van der Waals surface area contributed by atoms with E-state index in [1.165, 1.54) is 42.6 Å². The molecular formula is C23H26N4O6S. The maximum Gasteiger partial charge on any atom is 0.286 e. The van der Waals surface area contributed by atoms with E-state index < -0.39 is 10.8 Å². The molecule has 11 heteroatoms. The molecule has 2 aromatic carbocycles. The lowest BCUT2D eigenvalue weighted by atomic mass is 10.1. The van der Waals surface area contributed by atoms with Gasteiger partial charge in [-0.05, 0) is 18.6 Å². The van der Waals surface area contributed by atoms with Crippen molar-refractivity contribution in [2.45, 2.75) is 6.42 Å². The quantitative estimate of drug-likeness (QED) is 0.334. The van der Waals surface area contributed by atoms with Gasteiger partial charge < -0.3 is 14.2 Å². The average Bonchev–Trinajstić information content (AvgIpc) is 3.29. The number of para-hydroxylation sites is 1. The van der Waals surface area contributed by atoms with Crippen molar-refractivity contribution in [1.29, 1.82) is 0 Å². The highest BCUT2D eigenvalue weighted by atomic mass is 32.1. The van der Waals surface area contributed by atoms with Gasteiger partial charge in [0.25, 0.3) is 11.6 Å². The first-order valence-corrected chi connectivity index (χ1v) is 11.7. The minimum absolute atomic E-state index is 0.0757. The molecule has 0 saturated carbocycles. The molecule has 3 aromatic rings.